The summed E-state index contributed by atoms with van der Waals surface area (Å²) in [6.45, 7) is 3.39. The quantitative estimate of drug-likeness (QED) is 0.822. The van der Waals surface area contributed by atoms with Crippen molar-refractivity contribution in [2.24, 2.45) is 5.41 Å². The molecule has 0 saturated heterocycles. The maximum absolute atomic E-state index is 13.1. The number of aromatic nitrogens is 3. The molecule has 0 bridgehead atoms. The van der Waals surface area contributed by atoms with Gasteiger partial charge in [0.1, 0.15) is 12.7 Å². The molecule has 0 saturated carbocycles. The van der Waals surface area contributed by atoms with Crippen LogP contribution < -0.4 is 0 Å². The maximum atomic E-state index is 13.1. The Balaban J connectivity index is 2.34. The molecule has 0 N–H and O–H groups in total. The number of benzene rings is 1. The first-order valence-electron chi connectivity index (χ1n) is 6.37. The van der Waals surface area contributed by atoms with Gasteiger partial charge in [0.05, 0.1) is 6.67 Å². The summed E-state index contributed by atoms with van der Waals surface area (Å²) in [5, 5.41) is 4.83. The van der Waals surface area contributed by atoms with Crippen LogP contribution in [0.15, 0.2) is 36.9 Å². The van der Waals surface area contributed by atoms with Gasteiger partial charge in [0.15, 0.2) is 0 Å². The number of rotatable bonds is 5. The highest BCUT2D eigenvalue weighted by atomic mass is 35.5. The predicted molar refractivity (Wildman–Crippen MR) is 80.0 cm³/mol. The fourth-order valence-electron chi connectivity index (χ4n) is 1.84. The lowest BCUT2D eigenvalue weighted by molar-refractivity contribution is 0.261. The number of halogens is 2. The second-order valence-corrected chi connectivity index (χ2v) is 5.94. The summed E-state index contributed by atoms with van der Waals surface area (Å²) in [6, 6.07) is 7.49. The zero-order valence-electron chi connectivity index (χ0n) is 11.6. The molecule has 1 heterocycles. The van der Waals surface area contributed by atoms with Crippen LogP contribution in [0.5, 0.6) is 0 Å². The molecule has 0 fully saturated rings. The first-order chi connectivity index (χ1) is 9.50. The zero-order valence-corrected chi connectivity index (χ0v) is 12.3. The highest BCUT2D eigenvalue weighted by Gasteiger charge is 2.21. The summed E-state index contributed by atoms with van der Waals surface area (Å²) in [5.74, 6) is 0. The van der Waals surface area contributed by atoms with E-state index in [-0.39, 0.29) is 6.67 Å². The lowest BCUT2D eigenvalue weighted by Crippen LogP contribution is -2.16. The fraction of sp³-hybridized carbons (Fsp3) is 0.333. The van der Waals surface area contributed by atoms with Crippen LogP contribution in [0.3, 0.4) is 0 Å². The van der Waals surface area contributed by atoms with Crippen LogP contribution in [0.2, 0.25) is 5.02 Å². The molecule has 0 radical (unpaired) electrons. The van der Waals surface area contributed by atoms with E-state index >= 15 is 0 Å². The molecule has 0 amide bonds. The Hall–Kier alpha value is -1.68. The second kappa shape index (κ2) is 6.18. The lowest BCUT2D eigenvalue weighted by Gasteiger charge is -2.22. The van der Waals surface area contributed by atoms with Gasteiger partial charge in [-0.2, -0.15) is 5.10 Å². The molecule has 0 spiro atoms. The standard InChI is InChI=1S/C15H17ClFN3/c1-15(2,9-17)8-14(20-11-18-10-19-20)7-12-3-5-13(16)6-4-12/h3-7,10-11H,8-9H2,1-2H3. The molecule has 0 unspecified atom stereocenters. The SMILES string of the molecule is CC(C)(CF)CC(=Cc1ccc(Cl)cc1)n1cncn1. The van der Waals surface area contributed by atoms with Gasteiger partial charge in [-0.15, -0.1) is 0 Å². The minimum Gasteiger partial charge on any atom is -0.251 e. The van der Waals surface area contributed by atoms with E-state index in [0.717, 1.165) is 11.3 Å². The third-order valence-corrected chi connectivity index (χ3v) is 3.19. The van der Waals surface area contributed by atoms with Crippen LogP contribution in [-0.4, -0.2) is 21.4 Å². The van der Waals surface area contributed by atoms with Gasteiger partial charge >= 0.3 is 0 Å². The number of nitrogens with zero attached hydrogens (tertiary/aromatic N) is 3. The normalized spacial score (nSPS) is 12.7. The van der Waals surface area contributed by atoms with Crippen molar-refractivity contribution < 1.29 is 4.39 Å². The van der Waals surface area contributed by atoms with Gasteiger partial charge in [-0.05, 0) is 35.6 Å². The van der Waals surface area contributed by atoms with Crippen LogP contribution >= 0.6 is 11.6 Å². The molecule has 1 aromatic heterocycles. The van der Waals surface area contributed by atoms with Crippen LogP contribution in [0.25, 0.3) is 11.8 Å². The van der Waals surface area contributed by atoms with Crippen molar-refractivity contribution in [3.05, 3.63) is 47.5 Å². The molecule has 2 aromatic rings. The Labute approximate surface area is 123 Å². The number of hydrogen-bond acceptors (Lipinski definition) is 2. The minimum absolute atomic E-state index is 0.389. The lowest BCUT2D eigenvalue weighted by atomic mass is 9.89. The van der Waals surface area contributed by atoms with Gasteiger partial charge < -0.3 is 0 Å². The molecule has 0 aliphatic rings. The average Bonchev–Trinajstić information content (AvgIpc) is 2.94. The van der Waals surface area contributed by atoms with Crippen molar-refractivity contribution in [3.63, 3.8) is 0 Å². The third kappa shape index (κ3) is 3.90. The Morgan fingerprint density at radius 3 is 2.60 bits per heavy atom. The van der Waals surface area contributed by atoms with Crippen LogP contribution in [0, 0.1) is 5.41 Å². The third-order valence-electron chi connectivity index (χ3n) is 2.94. The highest BCUT2D eigenvalue weighted by molar-refractivity contribution is 6.30. The number of allylic oxidation sites excluding steroid dienone is 1. The molecule has 0 atom stereocenters. The molecule has 20 heavy (non-hydrogen) atoms. The molecule has 3 nitrogen and oxygen atoms in total. The average molecular weight is 294 g/mol. The topological polar surface area (TPSA) is 30.7 Å². The number of alkyl halides is 1. The number of hydrogen-bond donors (Lipinski definition) is 0. The van der Waals surface area contributed by atoms with Crippen molar-refractivity contribution >= 4 is 23.4 Å². The smallest absolute Gasteiger partial charge is 0.138 e. The molecule has 2 rings (SSSR count). The van der Waals surface area contributed by atoms with Crippen LogP contribution in [0.1, 0.15) is 25.8 Å². The molecular weight excluding hydrogens is 277 g/mol. The maximum Gasteiger partial charge on any atom is 0.138 e. The minimum atomic E-state index is -0.440. The Bertz CT molecular complexity index is 574. The predicted octanol–water partition coefficient (Wildman–Crippen LogP) is 4.32. The molecule has 0 aliphatic carbocycles. The zero-order chi connectivity index (χ0) is 14.6. The Kier molecular flexibility index (Phi) is 4.55. The monoisotopic (exact) mass is 293 g/mol. The van der Waals surface area contributed by atoms with E-state index < -0.39 is 5.41 Å². The summed E-state index contributed by atoms with van der Waals surface area (Å²) in [5.41, 5.74) is 1.45. The van der Waals surface area contributed by atoms with Crippen LogP contribution in [0.4, 0.5) is 4.39 Å². The summed E-state index contributed by atoms with van der Waals surface area (Å²) in [7, 11) is 0. The van der Waals surface area contributed by atoms with Gasteiger partial charge in [-0.25, -0.2) is 9.67 Å². The van der Waals surface area contributed by atoms with Gasteiger partial charge in [-0.1, -0.05) is 37.6 Å². The summed E-state index contributed by atoms with van der Waals surface area (Å²) < 4.78 is 14.7. The Morgan fingerprint density at radius 2 is 2.05 bits per heavy atom. The van der Waals surface area contributed by atoms with Crippen molar-refractivity contribution in [3.8, 4) is 0 Å². The first kappa shape index (κ1) is 14.7. The summed E-state index contributed by atoms with van der Waals surface area (Å²) >= 11 is 5.88. The van der Waals surface area contributed by atoms with E-state index in [1.54, 1.807) is 11.0 Å². The van der Waals surface area contributed by atoms with E-state index in [1.807, 2.05) is 44.2 Å². The van der Waals surface area contributed by atoms with E-state index in [1.165, 1.54) is 6.33 Å². The van der Waals surface area contributed by atoms with E-state index in [0.29, 0.717) is 11.4 Å². The fourth-order valence-corrected chi connectivity index (χ4v) is 1.97. The summed E-state index contributed by atoms with van der Waals surface area (Å²) in [6.07, 6.45) is 5.63. The molecule has 0 aliphatic heterocycles. The van der Waals surface area contributed by atoms with Crippen molar-refractivity contribution in [2.75, 3.05) is 6.67 Å². The van der Waals surface area contributed by atoms with Crippen molar-refractivity contribution in [1.29, 1.82) is 0 Å². The second-order valence-electron chi connectivity index (χ2n) is 5.50. The first-order valence-corrected chi connectivity index (χ1v) is 6.75. The molecule has 5 heteroatoms. The highest BCUT2D eigenvalue weighted by Crippen LogP contribution is 2.29. The van der Waals surface area contributed by atoms with Gasteiger partial charge in [0.25, 0.3) is 0 Å². The van der Waals surface area contributed by atoms with Gasteiger partial charge in [-0.3, -0.25) is 4.39 Å². The summed E-state index contributed by atoms with van der Waals surface area (Å²) in [4.78, 5) is 3.95. The van der Waals surface area contributed by atoms with Crippen LogP contribution in [-0.2, 0) is 0 Å². The Morgan fingerprint density at radius 1 is 1.35 bits per heavy atom. The van der Waals surface area contributed by atoms with E-state index in [2.05, 4.69) is 10.1 Å². The molecule has 106 valence electrons. The molecule has 1 aromatic carbocycles. The van der Waals surface area contributed by atoms with E-state index in [9.17, 15) is 4.39 Å². The molecular formula is C15H17ClFN3. The van der Waals surface area contributed by atoms with Gasteiger partial charge in [0, 0.05) is 10.7 Å². The van der Waals surface area contributed by atoms with E-state index in [4.69, 9.17) is 11.6 Å². The largest absolute Gasteiger partial charge is 0.251 e. The van der Waals surface area contributed by atoms with Crippen molar-refractivity contribution in [2.45, 2.75) is 20.3 Å². The van der Waals surface area contributed by atoms with Crippen molar-refractivity contribution in [1.82, 2.24) is 14.8 Å². The van der Waals surface area contributed by atoms with Gasteiger partial charge in [0.2, 0.25) is 0 Å².